The maximum Gasteiger partial charge on any atom is 0.410 e. The van der Waals surface area contributed by atoms with E-state index in [4.69, 9.17) is 9.47 Å². The summed E-state index contributed by atoms with van der Waals surface area (Å²) >= 11 is 0. The molecular weight excluding hydrogens is 234 g/mol. The van der Waals surface area contributed by atoms with E-state index in [0.29, 0.717) is 13.2 Å². The first-order chi connectivity index (χ1) is 8.47. The molecule has 0 fully saturated rings. The Hall–Kier alpha value is -1.26. The predicted molar refractivity (Wildman–Crippen MR) is 69.3 cm³/mol. The number of unbranched alkanes of at least 4 members (excludes halogenated alkanes) is 2. The molecule has 0 N–H and O–H groups in total. The maximum atomic E-state index is 11.5. The molecule has 0 saturated carbocycles. The van der Waals surface area contributed by atoms with E-state index in [1.54, 1.807) is 0 Å². The summed E-state index contributed by atoms with van der Waals surface area (Å²) in [6.07, 6.45) is 2.50. The summed E-state index contributed by atoms with van der Waals surface area (Å²) in [4.78, 5) is 24.1. The van der Waals surface area contributed by atoms with Crippen molar-refractivity contribution in [2.75, 3.05) is 26.8 Å². The highest BCUT2D eigenvalue weighted by Gasteiger charge is 2.15. The Labute approximate surface area is 109 Å². The van der Waals surface area contributed by atoms with Crippen molar-refractivity contribution in [1.29, 1.82) is 0 Å². The topological polar surface area (TPSA) is 55.8 Å². The molecule has 0 aromatic rings. The molecule has 0 heterocycles. The minimum absolute atomic E-state index is 0.0664. The van der Waals surface area contributed by atoms with Crippen LogP contribution in [0.1, 0.15) is 40.0 Å². The summed E-state index contributed by atoms with van der Waals surface area (Å²) in [7, 11) is 1.52. The first kappa shape index (κ1) is 16.7. The quantitative estimate of drug-likeness (QED) is 0.496. The van der Waals surface area contributed by atoms with Crippen LogP contribution in [0.3, 0.4) is 0 Å². The Morgan fingerprint density at radius 1 is 1.17 bits per heavy atom. The number of carbonyl (C=O) groups is 2. The van der Waals surface area contributed by atoms with Gasteiger partial charge in [-0.05, 0) is 12.3 Å². The molecule has 5 nitrogen and oxygen atoms in total. The molecule has 0 aliphatic rings. The average Bonchev–Trinajstić information content (AvgIpc) is 2.31. The third-order valence-corrected chi connectivity index (χ3v) is 2.23. The number of esters is 1. The van der Waals surface area contributed by atoms with Gasteiger partial charge in [0.05, 0.1) is 13.2 Å². The molecule has 5 heteroatoms. The normalized spacial score (nSPS) is 10.3. The lowest BCUT2D eigenvalue weighted by atomic mass is 10.2. The van der Waals surface area contributed by atoms with Gasteiger partial charge in [0.1, 0.15) is 6.54 Å². The van der Waals surface area contributed by atoms with Crippen LogP contribution in [0.2, 0.25) is 0 Å². The Morgan fingerprint density at radius 3 is 2.39 bits per heavy atom. The minimum Gasteiger partial charge on any atom is -0.464 e. The van der Waals surface area contributed by atoms with Crippen LogP contribution < -0.4 is 0 Å². The van der Waals surface area contributed by atoms with Gasteiger partial charge in [0.25, 0.3) is 0 Å². The van der Waals surface area contributed by atoms with E-state index < -0.39 is 12.1 Å². The zero-order valence-corrected chi connectivity index (χ0v) is 11.9. The number of nitrogens with zero attached hydrogens (tertiary/aromatic N) is 1. The van der Waals surface area contributed by atoms with Crippen LogP contribution >= 0.6 is 0 Å². The molecule has 0 rings (SSSR count). The van der Waals surface area contributed by atoms with E-state index >= 15 is 0 Å². The van der Waals surface area contributed by atoms with Gasteiger partial charge in [-0.3, -0.25) is 4.79 Å². The first-order valence-electron chi connectivity index (χ1n) is 6.50. The van der Waals surface area contributed by atoms with Crippen LogP contribution in [0.25, 0.3) is 0 Å². The molecule has 0 saturated heterocycles. The van der Waals surface area contributed by atoms with Crippen molar-refractivity contribution < 1.29 is 19.1 Å². The standard InChI is InChI=1S/C13H25NO4/c1-5-6-7-8-17-12(15)9-14(4)13(16)18-10-11(2)3/h11H,5-10H2,1-4H3. The van der Waals surface area contributed by atoms with Gasteiger partial charge in [0.15, 0.2) is 0 Å². The van der Waals surface area contributed by atoms with Crippen molar-refractivity contribution in [2.45, 2.75) is 40.0 Å². The largest absolute Gasteiger partial charge is 0.464 e. The molecule has 0 aliphatic heterocycles. The summed E-state index contributed by atoms with van der Waals surface area (Å²) in [6.45, 7) is 6.70. The molecule has 0 aromatic carbocycles. The Bertz CT molecular complexity index is 253. The van der Waals surface area contributed by atoms with Crippen molar-refractivity contribution in [3.8, 4) is 0 Å². The zero-order valence-electron chi connectivity index (χ0n) is 11.9. The number of amides is 1. The van der Waals surface area contributed by atoms with Crippen LogP contribution in [0.4, 0.5) is 4.79 Å². The third-order valence-electron chi connectivity index (χ3n) is 2.23. The molecule has 18 heavy (non-hydrogen) atoms. The molecule has 0 aliphatic carbocycles. The highest BCUT2D eigenvalue weighted by molar-refractivity contribution is 5.77. The Morgan fingerprint density at radius 2 is 1.83 bits per heavy atom. The number of carbonyl (C=O) groups excluding carboxylic acids is 2. The summed E-state index contributed by atoms with van der Waals surface area (Å²) in [6, 6.07) is 0. The third kappa shape index (κ3) is 8.84. The molecule has 0 atom stereocenters. The highest BCUT2D eigenvalue weighted by atomic mass is 16.6. The monoisotopic (exact) mass is 259 g/mol. The molecule has 1 amide bonds. The molecule has 0 unspecified atom stereocenters. The van der Waals surface area contributed by atoms with Crippen LogP contribution in [-0.4, -0.2) is 43.8 Å². The number of likely N-dealkylation sites (N-methyl/N-ethyl adjacent to an activating group) is 1. The maximum absolute atomic E-state index is 11.5. The average molecular weight is 259 g/mol. The molecule has 0 bridgehead atoms. The summed E-state index contributed by atoms with van der Waals surface area (Å²) in [5.41, 5.74) is 0. The molecular formula is C13H25NO4. The molecule has 0 radical (unpaired) electrons. The van der Waals surface area contributed by atoms with Crippen LogP contribution in [0, 0.1) is 5.92 Å². The summed E-state index contributed by atoms with van der Waals surface area (Å²) in [5.74, 6) is -0.113. The smallest absolute Gasteiger partial charge is 0.410 e. The van der Waals surface area contributed by atoms with E-state index in [1.807, 2.05) is 13.8 Å². The molecule has 106 valence electrons. The fourth-order valence-electron chi connectivity index (χ4n) is 1.19. The zero-order chi connectivity index (χ0) is 14.0. The van der Waals surface area contributed by atoms with Gasteiger partial charge >= 0.3 is 12.1 Å². The van der Waals surface area contributed by atoms with Gasteiger partial charge in [-0.1, -0.05) is 33.6 Å². The first-order valence-corrected chi connectivity index (χ1v) is 6.50. The lowest BCUT2D eigenvalue weighted by Crippen LogP contribution is -2.34. The van der Waals surface area contributed by atoms with Gasteiger partial charge < -0.3 is 14.4 Å². The fourth-order valence-corrected chi connectivity index (χ4v) is 1.19. The second-order valence-corrected chi connectivity index (χ2v) is 4.75. The number of hydrogen-bond acceptors (Lipinski definition) is 4. The van der Waals surface area contributed by atoms with Gasteiger partial charge in [0, 0.05) is 7.05 Å². The van der Waals surface area contributed by atoms with E-state index in [0.717, 1.165) is 19.3 Å². The van der Waals surface area contributed by atoms with Crippen molar-refractivity contribution in [3.05, 3.63) is 0 Å². The lowest BCUT2D eigenvalue weighted by Gasteiger charge is -2.17. The van der Waals surface area contributed by atoms with Gasteiger partial charge in [0.2, 0.25) is 0 Å². The van der Waals surface area contributed by atoms with E-state index in [2.05, 4.69) is 6.92 Å². The van der Waals surface area contributed by atoms with E-state index in [-0.39, 0.29) is 12.5 Å². The second-order valence-electron chi connectivity index (χ2n) is 4.75. The SMILES string of the molecule is CCCCCOC(=O)CN(C)C(=O)OCC(C)C. The predicted octanol–water partition coefficient (Wildman–Crippen LogP) is 2.44. The van der Waals surface area contributed by atoms with Gasteiger partial charge in [-0.25, -0.2) is 4.79 Å². The number of rotatable bonds is 8. The van der Waals surface area contributed by atoms with Crippen molar-refractivity contribution in [1.82, 2.24) is 4.90 Å². The summed E-state index contributed by atoms with van der Waals surface area (Å²) < 4.78 is 9.99. The van der Waals surface area contributed by atoms with Crippen molar-refractivity contribution in [3.63, 3.8) is 0 Å². The van der Waals surface area contributed by atoms with Crippen molar-refractivity contribution >= 4 is 12.1 Å². The number of hydrogen-bond donors (Lipinski definition) is 0. The highest BCUT2D eigenvalue weighted by Crippen LogP contribution is 1.98. The van der Waals surface area contributed by atoms with E-state index in [9.17, 15) is 9.59 Å². The molecule has 0 spiro atoms. The lowest BCUT2D eigenvalue weighted by molar-refractivity contribution is -0.144. The van der Waals surface area contributed by atoms with Crippen LogP contribution in [0.15, 0.2) is 0 Å². The Balaban J connectivity index is 3.74. The fraction of sp³-hybridized carbons (Fsp3) is 0.846. The van der Waals surface area contributed by atoms with Gasteiger partial charge in [-0.2, -0.15) is 0 Å². The minimum atomic E-state index is -0.491. The summed E-state index contributed by atoms with van der Waals surface area (Å²) in [5, 5.41) is 0. The Kier molecular flexibility index (Phi) is 9.06. The van der Waals surface area contributed by atoms with Crippen molar-refractivity contribution in [2.24, 2.45) is 5.92 Å². The second kappa shape index (κ2) is 9.74. The van der Waals surface area contributed by atoms with Crippen LogP contribution in [0.5, 0.6) is 0 Å². The van der Waals surface area contributed by atoms with Crippen LogP contribution in [-0.2, 0) is 14.3 Å². The molecule has 0 aromatic heterocycles. The van der Waals surface area contributed by atoms with E-state index in [1.165, 1.54) is 11.9 Å². The number of ether oxygens (including phenoxy) is 2. The van der Waals surface area contributed by atoms with Gasteiger partial charge in [-0.15, -0.1) is 0 Å².